The number of benzene rings is 1. The lowest BCUT2D eigenvalue weighted by atomic mass is 10.2. The van der Waals surface area contributed by atoms with Crippen LogP contribution in [0.5, 0.6) is 5.75 Å². The molecular weight excluding hydrogens is 233 g/mol. The first-order chi connectivity index (χ1) is 8.60. The molecule has 0 aliphatic rings. The van der Waals surface area contributed by atoms with Gasteiger partial charge in [0.25, 0.3) is 0 Å². The van der Waals surface area contributed by atoms with Crippen LogP contribution in [0.1, 0.15) is 19.4 Å². The second-order valence-corrected chi connectivity index (χ2v) is 3.85. The molecule has 0 aliphatic heterocycles. The van der Waals surface area contributed by atoms with E-state index in [1.54, 1.807) is 6.07 Å². The van der Waals surface area contributed by atoms with Crippen molar-refractivity contribution in [2.24, 2.45) is 10.7 Å². The molecule has 0 saturated carbocycles. The molecule has 0 radical (unpaired) electrons. The third-order valence-electron chi connectivity index (χ3n) is 2.68. The number of rotatable bonds is 5. The monoisotopic (exact) mass is 253 g/mol. The summed E-state index contributed by atoms with van der Waals surface area (Å²) in [5.74, 6) is 0.630. The quantitative estimate of drug-likeness (QED) is 0.645. The second kappa shape index (κ2) is 6.83. The highest BCUT2D eigenvalue weighted by atomic mass is 19.1. The maximum atomic E-state index is 13.3. The summed E-state index contributed by atoms with van der Waals surface area (Å²) >= 11 is 0. The normalized spacial score (nSPS) is 11.4. The average Bonchev–Trinajstić information content (AvgIpc) is 2.37. The van der Waals surface area contributed by atoms with Crippen molar-refractivity contribution in [1.29, 1.82) is 0 Å². The van der Waals surface area contributed by atoms with Crippen molar-refractivity contribution in [2.75, 3.05) is 20.2 Å². The van der Waals surface area contributed by atoms with Gasteiger partial charge in [-0.25, -0.2) is 9.38 Å². The Bertz CT molecular complexity index is 417. The maximum absolute atomic E-state index is 13.3. The molecule has 1 aromatic carbocycles. The van der Waals surface area contributed by atoms with Gasteiger partial charge >= 0.3 is 0 Å². The van der Waals surface area contributed by atoms with E-state index in [1.807, 2.05) is 18.7 Å². The number of methoxy groups -OCH3 is 1. The van der Waals surface area contributed by atoms with E-state index in [9.17, 15) is 4.39 Å². The topological polar surface area (TPSA) is 50.8 Å². The molecule has 1 aromatic rings. The number of nitrogens with zero attached hydrogens (tertiary/aromatic N) is 2. The molecule has 2 N–H and O–H groups in total. The minimum Gasteiger partial charge on any atom is -0.497 e. The van der Waals surface area contributed by atoms with Crippen molar-refractivity contribution >= 4 is 5.96 Å². The lowest BCUT2D eigenvalue weighted by Crippen LogP contribution is -2.37. The molecule has 4 nitrogen and oxygen atoms in total. The zero-order valence-electron chi connectivity index (χ0n) is 11.1. The Labute approximate surface area is 107 Å². The Morgan fingerprint density at radius 3 is 2.56 bits per heavy atom. The Balaban J connectivity index is 2.78. The van der Waals surface area contributed by atoms with Gasteiger partial charge in [0.1, 0.15) is 11.6 Å². The van der Waals surface area contributed by atoms with Crippen molar-refractivity contribution in [3.8, 4) is 5.75 Å². The van der Waals surface area contributed by atoms with Crippen LogP contribution in [0.3, 0.4) is 0 Å². The van der Waals surface area contributed by atoms with Gasteiger partial charge in [-0.05, 0) is 31.5 Å². The summed E-state index contributed by atoms with van der Waals surface area (Å²) in [6, 6.07) is 4.52. The molecule has 0 aromatic heterocycles. The predicted molar refractivity (Wildman–Crippen MR) is 71.2 cm³/mol. The van der Waals surface area contributed by atoms with Gasteiger partial charge < -0.3 is 15.4 Å². The molecule has 0 fully saturated rings. The fourth-order valence-electron chi connectivity index (χ4n) is 1.65. The summed E-state index contributed by atoms with van der Waals surface area (Å²) < 4.78 is 18.3. The molecule has 0 atom stereocenters. The third kappa shape index (κ3) is 3.91. The van der Waals surface area contributed by atoms with Crippen LogP contribution in [-0.4, -0.2) is 31.1 Å². The van der Waals surface area contributed by atoms with Crippen LogP contribution >= 0.6 is 0 Å². The summed E-state index contributed by atoms with van der Waals surface area (Å²) in [4.78, 5) is 6.19. The molecule has 0 unspecified atom stereocenters. The second-order valence-electron chi connectivity index (χ2n) is 3.85. The lowest BCUT2D eigenvalue weighted by Gasteiger charge is -2.19. The molecule has 1 rings (SSSR count). The van der Waals surface area contributed by atoms with Crippen molar-refractivity contribution in [2.45, 2.75) is 20.4 Å². The number of guanidine groups is 1. The number of hydrogen-bond acceptors (Lipinski definition) is 2. The lowest BCUT2D eigenvalue weighted by molar-refractivity contribution is 0.410. The summed E-state index contributed by atoms with van der Waals surface area (Å²) in [6.07, 6.45) is 0. The standard InChI is InChI=1S/C13H20FN3O/c1-4-17(5-2)13(15)16-9-10-6-11(14)8-12(7-10)18-3/h6-8H,4-5,9H2,1-3H3,(H2,15,16). The number of ether oxygens (including phenoxy) is 1. The number of halogens is 1. The SMILES string of the molecule is CCN(CC)C(N)=NCc1cc(F)cc(OC)c1. The van der Waals surface area contributed by atoms with Gasteiger partial charge in [0.2, 0.25) is 0 Å². The molecular formula is C13H20FN3O. The first kappa shape index (κ1) is 14.3. The molecule has 0 heterocycles. The van der Waals surface area contributed by atoms with Crippen LogP contribution in [0.4, 0.5) is 4.39 Å². The van der Waals surface area contributed by atoms with Crippen LogP contribution in [0, 0.1) is 5.82 Å². The number of aliphatic imine (C=N–C) groups is 1. The minimum atomic E-state index is -0.332. The smallest absolute Gasteiger partial charge is 0.191 e. The Morgan fingerprint density at radius 2 is 2.00 bits per heavy atom. The zero-order chi connectivity index (χ0) is 13.5. The highest BCUT2D eigenvalue weighted by molar-refractivity contribution is 5.78. The van der Waals surface area contributed by atoms with Crippen LogP contribution < -0.4 is 10.5 Å². The fraction of sp³-hybridized carbons (Fsp3) is 0.462. The molecule has 0 saturated heterocycles. The minimum absolute atomic E-state index is 0.332. The predicted octanol–water partition coefficient (Wildman–Crippen LogP) is 1.99. The zero-order valence-corrected chi connectivity index (χ0v) is 11.1. The molecule has 100 valence electrons. The van der Waals surface area contributed by atoms with Crippen LogP contribution in [0.2, 0.25) is 0 Å². The van der Waals surface area contributed by atoms with E-state index in [0.717, 1.165) is 18.7 Å². The number of nitrogens with two attached hydrogens (primary N) is 1. The van der Waals surface area contributed by atoms with E-state index in [4.69, 9.17) is 10.5 Å². The van der Waals surface area contributed by atoms with E-state index in [0.29, 0.717) is 18.3 Å². The van der Waals surface area contributed by atoms with Gasteiger partial charge in [-0.2, -0.15) is 0 Å². The van der Waals surface area contributed by atoms with E-state index < -0.39 is 0 Å². The highest BCUT2D eigenvalue weighted by Gasteiger charge is 2.03. The van der Waals surface area contributed by atoms with Crippen LogP contribution in [-0.2, 0) is 6.54 Å². The van der Waals surface area contributed by atoms with Gasteiger partial charge in [-0.3, -0.25) is 0 Å². The first-order valence-corrected chi connectivity index (χ1v) is 5.99. The third-order valence-corrected chi connectivity index (χ3v) is 2.68. The molecule has 0 spiro atoms. The first-order valence-electron chi connectivity index (χ1n) is 5.99. The van der Waals surface area contributed by atoms with E-state index >= 15 is 0 Å². The Kier molecular flexibility index (Phi) is 5.42. The van der Waals surface area contributed by atoms with Gasteiger partial charge in [-0.1, -0.05) is 0 Å². The van der Waals surface area contributed by atoms with Crippen molar-refractivity contribution in [3.05, 3.63) is 29.6 Å². The van der Waals surface area contributed by atoms with Crippen molar-refractivity contribution < 1.29 is 9.13 Å². The fourth-order valence-corrected chi connectivity index (χ4v) is 1.65. The number of hydrogen-bond donors (Lipinski definition) is 1. The van der Waals surface area contributed by atoms with E-state index in [1.165, 1.54) is 19.2 Å². The summed E-state index contributed by atoms with van der Waals surface area (Å²) in [5, 5.41) is 0. The van der Waals surface area contributed by atoms with Gasteiger partial charge in [0, 0.05) is 19.2 Å². The Morgan fingerprint density at radius 1 is 1.33 bits per heavy atom. The van der Waals surface area contributed by atoms with Crippen LogP contribution in [0.15, 0.2) is 23.2 Å². The molecule has 5 heteroatoms. The maximum Gasteiger partial charge on any atom is 0.191 e. The molecule has 0 amide bonds. The summed E-state index contributed by atoms with van der Waals surface area (Å²) in [6.45, 7) is 5.97. The molecule has 18 heavy (non-hydrogen) atoms. The van der Waals surface area contributed by atoms with Gasteiger partial charge in [0.05, 0.1) is 13.7 Å². The molecule has 0 bridgehead atoms. The summed E-state index contributed by atoms with van der Waals surface area (Å²) in [7, 11) is 1.51. The van der Waals surface area contributed by atoms with E-state index in [2.05, 4.69) is 4.99 Å². The van der Waals surface area contributed by atoms with Crippen LogP contribution in [0.25, 0.3) is 0 Å². The largest absolute Gasteiger partial charge is 0.497 e. The van der Waals surface area contributed by atoms with Crippen molar-refractivity contribution in [1.82, 2.24) is 4.90 Å². The summed E-state index contributed by atoms with van der Waals surface area (Å²) in [5.41, 5.74) is 6.58. The Hall–Kier alpha value is -1.78. The van der Waals surface area contributed by atoms with Gasteiger partial charge in [0.15, 0.2) is 5.96 Å². The molecule has 0 aliphatic carbocycles. The van der Waals surface area contributed by atoms with Gasteiger partial charge in [-0.15, -0.1) is 0 Å². The average molecular weight is 253 g/mol. The van der Waals surface area contributed by atoms with Crippen molar-refractivity contribution in [3.63, 3.8) is 0 Å². The highest BCUT2D eigenvalue weighted by Crippen LogP contribution is 2.16. The van der Waals surface area contributed by atoms with E-state index in [-0.39, 0.29) is 5.82 Å².